The molecule has 1 aromatic carbocycles. The van der Waals surface area contributed by atoms with Gasteiger partial charge in [-0.15, -0.1) is 0 Å². The number of carbonyl (C=O) groups is 1. The minimum absolute atomic E-state index is 0.105. The minimum atomic E-state index is -0.129. The highest BCUT2D eigenvalue weighted by Gasteiger charge is 2.30. The van der Waals surface area contributed by atoms with Crippen LogP contribution >= 0.6 is 0 Å². The van der Waals surface area contributed by atoms with Crippen molar-refractivity contribution < 1.29 is 9.53 Å². The highest BCUT2D eigenvalue weighted by atomic mass is 16.5. The Labute approximate surface area is 119 Å². The summed E-state index contributed by atoms with van der Waals surface area (Å²) in [4.78, 5) is 12.3. The van der Waals surface area contributed by atoms with Crippen molar-refractivity contribution in [3.05, 3.63) is 29.8 Å². The molecule has 1 saturated heterocycles. The van der Waals surface area contributed by atoms with Gasteiger partial charge in [0.1, 0.15) is 6.04 Å². The zero-order chi connectivity index (χ0) is 14.0. The third-order valence-corrected chi connectivity index (χ3v) is 4.48. The van der Waals surface area contributed by atoms with Gasteiger partial charge in [0.15, 0.2) is 0 Å². The molecule has 0 bridgehead atoms. The highest BCUT2D eigenvalue weighted by Crippen LogP contribution is 2.29. The summed E-state index contributed by atoms with van der Waals surface area (Å²) in [5.41, 5.74) is 2.49. The lowest BCUT2D eigenvalue weighted by atomic mass is 9.82. The predicted molar refractivity (Wildman–Crippen MR) is 78.7 cm³/mol. The number of carbonyl (C=O) groups excluding carboxylic acids is 1. The van der Waals surface area contributed by atoms with Crippen LogP contribution in [-0.2, 0) is 16.0 Å². The number of anilines is 1. The molecule has 1 aromatic rings. The van der Waals surface area contributed by atoms with Gasteiger partial charge < -0.3 is 15.4 Å². The van der Waals surface area contributed by atoms with Crippen molar-refractivity contribution in [2.45, 2.75) is 32.2 Å². The molecule has 4 heteroatoms. The second-order valence-electron chi connectivity index (χ2n) is 6.20. The second-order valence-corrected chi connectivity index (χ2v) is 6.20. The monoisotopic (exact) mass is 274 g/mol. The molecular weight excluding hydrogens is 252 g/mol. The quantitative estimate of drug-likeness (QED) is 0.886. The molecule has 4 nitrogen and oxygen atoms in total. The van der Waals surface area contributed by atoms with E-state index in [4.69, 9.17) is 4.74 Å². The van der Waals surface area contributed by atoms with Crippen LogP contribution in [0.2, 0.25) is 0 Å². The topological polar surface area (TPSA) is 50.4 Å². The molecule has 1 atom stereocenters. The molecule has 2 aliphatic rings. The Kier molecular flexibility index (Phi) is 3.66. The largest absolute Gasteiger partial charge is 0.381 e. The van der Waals surface area contributed by atoms with E-state index in [1.54, 1.807) is 0 Å². The standard InChI is InChI=1S/C16H22N2O2/c1-16(6-8-20-9-7-16)11-17-15(19)14-10-12-4-2-3-5-13(12)18-14/h2-5,14,18H,6-11H2,1H3,(H,17,19)/t14-/m0/s1. The highest BCUT2D eigenvalue weighted by molar-refractivity contribution is 5.87. The lowest BCUT2D eigenvalue weighted by Gasteiger charge is -2.33. The number of fused-ring (bicyclic) bond motifs is 1. The summed E-state index contributed by atoms with van der Waals surface area (Å²) >= 11 is 0. The van der Waals surface area contributed by atoms with E-state index < -0.39 is 0 Å². The normalized spacial score (nSPS) is 23.8. The van der Waals surface area contributed by atoms with Crippen molar-refractivity contribution in [3.8, 4) is 0 Å². The molecule has 0 unspecified atom stereocenters. The molecule has 108 valence electrons. The van der Waals surface area contributed by atoms with E-state index in [9.17, 15) is 4.79 Å². The maximum atomic E-state index is 12.3. The van der Waals surface area contributed by atoms with Crippen LogP contribution < -0.4 is 10.6 Å². The van der Waals surface area contributed by atoms with Crippen LogP contribution in [0.3, 0.4) is 0 Å². The summed E-state index contributed by atoms with van der Waals surface area (Å²) in [5, 5.41) is 6.41. The van der Waals surface area contributed by atoms with Crippen LogP contribution in [0, 0.1) is 5.41 Å². The second kappa shape index (κ2) is 5.44. The van der Waals surface area contributed by atoms with Gasteiger partial charge in [0, 0.05) is 31.9 Å². The molecule has 1 amide bonds. The third kappa shape index (κ3) is 2.80. The van der Waals surface area contributed by atoms with Gasteiger partial charge in [-0.25, -0.2) is 0 Å². The molecular formula is C16H22N2O2. The Balaban J connectivity index is 1.53. The number of hydrogen-bond acceptors (Lipinski definition) is 3. The van der Waals surface area contributed by atoms with E-state index >= 15 is 0 Å². The molecule has 2 aliphatic heterocycles. The van der Waals surface area contributed by atoms with Gasteiger partial charge in [-0.1, -0.05) is 25.1 Å². The maximum absolute atomic E-state index is 12.3. The number of nitrogens with one attached hydrogen (secondary N) is 2. The van der Waals surface area contributed by atoms with Crippen LogP contribution in [0.4, 0.5) is 5.69 Å². The number of benzene rings is 1. The first kappa shape index (κ1) is 13.4. The Morgan fingerprint density at radius 1 is 1.40 bits per heavy atom. The van der Waals surface area contributed by atoms with Crippen LogP contribution in [0.1, 0.15) is 25.3 Å². The van der Waals surface area contributed by atoms with Gasteiger partial charge >= 0.3 is 0 Å². The van der Waals surface area contributed by atoms with E-state index in [0.29, 0.717) is 0 Å². The molecule has 2 N–H and O–H groups in total. The fourth-order valence-corrected chi connectivity index (χ4v) is 2.92. The number of ether oxygens (including phenoxy) is 1. The number of para-hydroxylation sites is 1. The summed E-state index contributed by atoms with van der Waals surface area (Å²) in [7, 11) is 0. The Morgan fingerprint density at radius 3 is 2.90 bits per heavy atom. The van der Waals surface area contributed by atoms with Crippen molar-refractivity contribution in [2.24, 2.45) is 5.41 Å². The van der Waals surface area contributed by atoms with E-state index in [2.05, 4.69) is 23.6 Å². The minimum Gasteiger partial charge on any atom is -0.381 e. The maximum Gasteiger partial charge on any atom is 0.242 e. The zero-order valence-electron chi connectivity index (χ0n) is 11.9. The lowest BCUT2D eigenvalue weighted by Crippen LogP contribution is -2.44. The van der Waals surface area contributed by atoms with Crippen LogP contribution in [-0.4, -0.2) is 31.7 Å². The number of hydrogen-bond donors (Lipinski definition) is 2. The lowest BCUT2D eigenvalue weighted by molar-refractivity contribution is -0.122. The van der Waals surface area contributed by atoms with Gasteiger partial charge in [0.25, 0.3) is 0 Å². The predicted octanol–water partition coefficient (Wildman–Crippen LogP) is 1.96. The van der Waals surface area contributed by atoms with Crippen molar-refractivity contribution in [1.29, 1.82) is 0 Å². The van der Waals surface area contributed by atoms with E-state index in [-0.39, 0.29) is 17.4 Å². The van der Waals surface area contributed by atoms with Crippen LogP contribution in [0.15, 0.2) is 24.3 Å². The smallest absolute Gasteiger partial charge is 0.242 e. The van der Waals surface area contributed by atoms with E-state index in [1.807, 2.05) is 18.2 Å². The zero-order valence-corrected chi connectivity index (χ0v) is 11.9. The molecule has 0 saturated carbocycles. The summed E-state index contributed by atoms with van der Waals surface area (Å²) < 4.78 is 5.39. The first-order valence-corrected chi connectivity index (χ1v) is 7.36. The van der Waals surface area contributed by atoms with Gasteiger partial charge in [0.05, 0.1) is 0 Å². The average molecular weight is 274 g/mol. The fraction of sp³-hybridized carbons (Fsp3) is 0.562. The first-order chi connectivity index (χ1) is 9.66. The molecule has 3 rings (SSSR count). The van der Waals surface area contributed by atoms with Crippen molar-refractivity contribution in [2.75, 3.05) is 25.1 Å². The number of amides is 1. The molecule has 1 fully saturated rings. The molecule has 0 aliphatic carbocycles. The van der Waals surface area contributed by atoms with Crippen molar-refractivity contribution >= 4 is 11.6 Å². The molecule has 0 aromatic heterocycles. The van der Waals surface area contributed by atoms with E-state index in [0.717, 1.165) is 44.7 Å². The number of rotatable bonds is 3. The molecule has 0 spiro atoms. The summed E-state index contributed by atoms with van der Waals surface area (Å²) in [5.74, 6) is 0.105. The SMILES string of the molecule is CC1(CNC(=O)[C@@H]2Cc3ccccc3N2)CCOCC1. The Bertz CT molecular complexity index is 470. The van der Waals surface area contributed by atoms with Crippen LogP contribution in [0.25, 0.3) is 0 Å². The third-order valence-electron chi connectivity index (χ3n) is 4.48. The Hall–Kier alpha value is -1.55. The molecule has 2 heterocycles. The fourth-order valence-electron chi connectivity index (χ4n) is 2.92. The Morgan fingerprint density at radius 2 is 2.15 bits per heavy atom. The van der Waals surface area contributed by atoms with Gasteiger partial charge in [-0.3, -0.25) is 4.79 Å². The van der Waals surface area contributed by atoms with E-state index in [1.165, 1.54) is 5.56 Å². The van der Waals surface area contributed by atoms with Crippen molar-refractivity contribution in [1.82, 2.24) is 5.32 Å². The van der Waals surface area contributed by atoms with Crippen molar-refractivity contribution in [3.63, 3.8) is 0 Å². The van der Waals surface area contributed by atoms with Crippen LogP contribution in [0.5, 0.6) is 0 Å². The molecule has 0 radical (unpaired) electrons. The van der Waals surface area contributed by atoms with Gasteiger partial charge in [-0.2, -0.15) is 0 Å². The first-order valence-electron chi connectivity index (χ1n) is 7.36. The summed E-state index contributed by atoms with van der Waals surface area (Å²) in [6.07, 6.45) is 2.82. The van der Waals surface area contributed by atoms with Gasteiger partial charge in [0.2, 0.25) is 5.91 Å². The summed E-state index contributed by atoms with van der Waals surface area (Å²) in [6.45, 7) is 4.58. The molecule has 20 heavy (non-hydrogen) atoms. The summed E-state index contributed by atoms with van der Waals surface area (Å²) in [6, 6.07) is 7.99. The average Bonchev–Trinajstić information content (AvgIpc) is 2.89. The van der Waals surface area contributed by atoms with Gasteiger partial charge in [-0.05, 0) is 29.9 Å².